The first-order chi connectivity index (χ1) is 9.63. The Hall–Kier alpha value is -1.32. The molecule has 2 rings (SSSR count). The van der Waals surface area contributed by atoms with Gasteiger partial charge in [-0.2, -0.15) is 0 Å². The van der Waals surface area contributed by atoms with E-state index < -0.39 is 0 Å². The van der Waals surface area contributed by atoms with Crippen molar-refractivity contribution >= 4 is 5.82 Å². The van der Waals surface area contributed by atoms with E-state index in [9.17, 15) is 4.79 Å². The zero-order valence-electron chi connectivity index (χ0n) is 12.9. The van der Waals surface area contributed by atoms with Crippen LogP contribution in [0.4, 0.5) is 5.82 Å². The van der Waals surface area contributed by atoms with Crippen LogP contribution in [-0.2, 0) is 6.54 Å². The molecule has 0 radical (unpaired) electrons. The fourth-order valence-electron chi connectivity index (χ4n) is 3.28. The Balaban J connectivity index is 2.16. The average Bonchev–Trinajstić information content (AvgIpc) is 2.44. The molecule has 1 aromatic rings. The van der Waals surface area contributed by atoms with Gasteiger partial charge in [0.25, 0.3) is 5.56 Å². The molecule has 4 heteroatoms. The minimum Gasteiger partial charge on any atom is -0.362 e. The Labute approximate surface area is 121 Å². The number of aryl methyl sites for hydroxylation is 1. The quantitative estimate of drug-likeness (QED) is 0.898. The Morgan fingerprint density at radius 1 is 1.40 bits per heavy atom. The van der Waals surface area contributed by atoms with Crippen LogP contribution in [-0.4, -0.2) is 15.6 Å². The van der Waals surface area contributed by atoms with E-state index in [0.717, 1.165) is 19.4 Å². The molecular weight excluding hydrogens is 250 g/mol. The molecule has 1 aromatic heterocycles. The Kier molecular flexibility index (Phi) is 5.21. The summed E-state index contributed by atoms with van der Waals surface area (Å²) in [4.78, 5) is 16.6. The highest BCUT2D eigenvalue weighted by molar-refractivity contribution is 5.32. The van der Waals surface area contributed by atoms with Crippen molar-refractivity contribution in [3.8, 4) is 0 Å². The highest BCUT2D eigenvalue weighted by atomic mass is 16.1. The highest BCUT2D eigenvalue weighted by Gasteiger charge is 2.28. The van der Waals surface area contributed by atoms with E-state index in [0.29, 0.717) is 23.7 Å². The molecule has 1 aliphatic rings. The van der Waals surface area contributed by atoms with Crippen LogP contribution in [0.2, 0.25) is 0 Å². The summed E-state index contributed by atoms with van der Waals surface area (Å²) in [6, 6.07) is 0.390. The van der Waals surface area contributed by atoms with Crippen molar-refractivity contribution in [2.75, 3.05) is 5.32 Å². The topological polar surface area (TPSA) is 46.9 Å². The van der Waals surface area contributed by atoms with Crippen molar-refractivity contribution in [3.63, 3.8) is 0 Å². The van der Waals surface area contributed by atoms with Gasteiger partial charge >= 0.3 is 0 Å². The van der Waals surface area contributed by atoms with Gasteiger partial charge in [0.15, 0.2) is 5.82 Å². The normalized spacial score (nSPS) is 23.0. The summed E-state index contributed by atoms with van der Waals surface area (Å²) in [5.74, 6) is 1.82. The van der Waals surface area contributed by atoms with Crippen LogP contribution in [0.3, 0.4) is 0 Å². The Bertz CT molecular complexity index is 481. The summed E-state index contributed by atoms with van der Waals surface area (Å²) in [6.45, 7) is 7.39. The zero-order chi connectivity index (χ0) is 14.5. The molecule has 112 valence electrons. The fraction of sp³-hybridized carbons (Fsp3) is 0.750. The van der Waals surface area contributed by atoms with Crippen molar-refractivity contribution in [1.29, 1.82) is 0 Å². The lowest BCUT2D eigenvalue weighted by Crippen LogP contribution is -2.38. The number of aromatic nitrogens is 2. The number of hydrogen-bond donors (Lipinski definition) is 1. The molecule has 0 saturated heterocycles. The second kappa shape index (κ2) is 6.91. The van der Waals surface area contributed by atoms with Gasteiger partial charge in [-0.25, -0.2) is 4.98 Å². The first-order valence-electron chi connectivity index (χ1n) is 7.95. The summed E-state index contributed by atoms with van der Waals surface area (Å²) in [5, 5.41) is 3.43. The summed E-state index contributed by atoms with van der Waals surface area (Å²) < 4.78 is 1.75. The maximum Gasteiger partial charge on any atom is 0.293 e. The molecule has 20 heavy (non-hydrogen) atoms. The van der Waals surface area contributed by atoms with E-state index in [4.69, 9.17) is 0 Å². The zero-order valence-corrected chi connectivity index (χ0v) is 12.9. The van der Waals surface area contributed by atoms with Crippen LogP contribution in [0, 0.1) is 11.8 Å². The molecule has 2 unspecified atom stereocenters. The van der Waals surface area contributed by atoms with Gasteiger partial charge in [0.2, 0.25) is 0 Å². The minimum atomic E-state index is 0.0161. The summed E-state index contributed by atoms with van der Waals surface area (Å²) in [7, 11) is 0. The van der Waals surface area contributed by atoms with Crippen molar-refractivity contribution in [3.05, 3.63) is 22.7 Å². The maximum absolute atomic E-state index is 12.3. The molecule has 1 N–H and O–H groups in total. The second-order valence-corrected chi connectivity index (χ2v) is 6.22. The molecule has 1 aliphatic carbocycles. The van der Waals surface area contributed by atoms with Crippen molar-refractivity contribution in [2.24, 2.45) is 11.8 Å². The Morgan fingerprint density at radius 2 is 2.15 bits per heavy atom. The van der Waals surface area contributed by atoms with Crippen molar-refractivity contribution < 1.29 is 0 Å². The van der Waals surface area contributed by atoms with E-state index in [-0.39, 0.29) is 5.56 Å². The SMILES string of the molecule is CCCn1ccnc(NC2CCCCC2C(C)C)c1=O. The van der Waals surface area contributed by atoms with Crippen LogP contribution in [0.15, 0.2) is 17.2 Å². The first kappa shape index (κ1) is 15.1. The van der Waals surface area contributed by atoms with Gasteiger partial charge in [0.1, 0.15) is 0 Å². The molecule has 1 fully saturated rings. The molecule has 0 bridgehead atoms. The van der Waals surface area contributed by atoms with Crippen LogP contribution in [0.5, 0.6) is 0 Å². The summed E-state index contributed by atoms with van der Waals surface area (Å²) >= 11 is 0. The van der Waals surface area contributed by atoms with Crippen LogP contribution < -0.4 is 10.9 Å². The summed E-state index contributed by atoms with van der Waals surface area (Å²) in [5.41, 5.74) is 0.0161. The molecule has 1 heterocycles. The van der Waals surface area contributed by atoms with E-state index in [1.54, 1.807) is 17.0 Å². The van der Waals surface area contributed by atoms with E-state index in [2.05, 4.69) is 31.1 Å². The van der Waals surface area contributed by atoms with E-state index in [1.807, 2.05) is 0 Å². The number of rotatable bonds is 5. The fourth-order valence-corrected chi connectivity index (χ4v) is 3.28. The standard InChI is InChI=1S/C16H27N3O/c1-4-10-19-11-9-17-15(16(19)20)18-14-8-6-5-7-13(14)12(2)3/h9,11-14H,4-8,10H2,1-3H3,(H,17,18). The predicted octanol–water partition coefficient (Wildman–Crippen LogP) is 3.28. The van der Waals surface area contributed by atoms with Gasteiger partial charge in [-0.1, -0.05) is 33.6 Å². The molecule has 0 amide bonds. The molecule has 0 spiro atoms. The number of anilines is 1. The lowest BCUT2D eigenvalue weighted by atomic mass is 9.78. The molecule has 0 aliphatic heterocycles. The molecule has 1 saturated carbocycles. The summed E-state index contributed by atoms with van der Waals surface area (Å²) in [6.07, 6.45) is 9.42. The van der Waals surface area contributed by atoms with Crippen LogP contribution in [0.1, 0.15) is 52.9 Å². The van der Waals surface area contributed by atoms with Crippen molar-refractivity contribution in [1.82, 2.24) is 9.55 Å². The third kappa shape index (κ3) is 3.41. The Morgan fingerprint density at radius 3 is 2.85 bits per heavy atom. The van der Waals surface area contributed by atoms with Crippen LogP contribution >= 0.6 is 0 Å². The molecule has 2 atom stereocenters. The van der Waals surface area contributed by atoms with Gasteiger partial charge in [-0.15, -0.1) is 0 Å². The van der Waals surface area contributed by atoms with E-state index in [1.165, 1.54) is 19.3 Å². The average molecular weight is 277 g/mol. The van der Waals surface area contributed by atoms with Crippen molar-refractivity contribution in [2.45, 2.75) is 65.5 Å². The smallest absolute Gasteiger partial charge is 0.293 e. The maximum atomic E-state index is 12.3. The predicted molar refractivity (Wildman–Crippen MR) is 83.0 cm³/mol. The lowest BCUT2D eigenvalue weighted by molar-refractivity contribution is 0.253. The molecule has 4 nitrogen and oxygen atoms in total. The third-order valence-corrected chi connectivity index (χ3v) is 4.38. The van der Waals surface area contributed by atoms with Crippen LogP contribution in [0.25, 0.3) is 0 Å². The van der Waals surface area contributed by atoms with E-state index >= 15 is 0 Å². The van der Waals surface area contributed by atoms with Gasteiger partial charge in [-0.05, 0) is 31.1 Å². The second-order valence-electron chi connectivity index (χ2n) is 6.22. The van der Waals surface area contributed by atoms with Gasteiger partial charge < -0.3 is 9.88 Å². The number of nitrogens with zero attached hydrogens (tertiary/aromatic N) is 2. The first-order valence-corrected chi connectivity index (χ1v) is 7.95. The van der Waals surface area contributed by atoms with Gasteiger partial charge in [0, 0.05) is 25.0 Å². The monoisotopic (exact) mass is 277 g/mol. The van der Waals surface area contributed by atoms with Gasteiger partial charge in [-0.3, -0.25) is 4.79 Å². The highest BCUT2D eigenvalue weighted by Crippen LogP contribution is 2.31. The molecule has 0 aromatic carbocycles. The van der Waals surface area contributed by atoms with Gasteiger partial charge in [0.05, 0.1) is 0 Å². The number of nitrogens with one attached hydrogen (secondary N) is 1. The molecular formula is C16H27N3O. The lowest BCUT2D eigenvalue weighted by Gasteiger charge is -2.35. The largest absolute Gasteiger partial charge is 0.362 e. The minimum absolute atomic E-state index is 0.0161. The third-order valence-electron chi connectivity index (χ3n) is 4.38. The number of hydrogen-bond acceptors (Lipinski definition) is 3.